The van der Waals surface area contributed by atoms with Gasteiger partial charge < -0.3 is 5.21 Å². The van der Waals surface area contributed by atoms with E-state index in [-0.39, 0.29) is 0 Å². The molecule has 10 heavy (non-hydrogen) atoms. The van der Waals surface area contributed by atoms with Crippen molar-refractivity contribution in [1.82, 2.24) is 0 Å². The van der Waals surface area contributed by atoms with Crippen molar-refractivity contribution >= 4 is 17.8 Å². The molecule has 1 rings (SSSR count). The Bertz CT molecular complexity index is 264. The molecule has 1 aromatic carbocycles. The maximum atomic E-state index is 6.27. The zero-order valence-corrected chi connectivity index (χ0v) is 5.88. The lowest BCUT2D eigenvalue weighted by molar-refractivity contribution is 0.322. The third kappa shape index (κ3) is 1.74. The van der Waals surface area contributed by atoms with Gasteiger partial charge in [0.2, 0.25) is 0 Å². The molecule has 0 unspecified atom stereocenters. The zero-order chi connectivity index (χ0) is 8.10. The van der Waals surface area contributed by atoms with Gasteiger partial charge in [0.25, 0.3) is 0 Å². The lowest BCUT2D eigenvalue weighted by Gasteiger charge is -1.90. The molecule has 0 aliphatic carbocycles. The van der Waals surface area contributed by atoms with Gasteiger partial charge in [-0.25, -0.2) is 0 Å². The molecule has 52 valence electrons. The fourth-order valence-corrected chi connectivity index (χ4v) is 0.846. The molecular formula is C7H6ClNO. The van der Waals surface area contributed by atoms with Gasteiger partial charge in [0.05, 0.1) is 6.21 Å². The Labute approximate surface area is 65.2 Å². The molecular weight excluding hydrogens is 150 g/mol. The van der Waals surface area contributed by atoms with Gasteiger partial charge in [-0.1, -0.05) is 28.9 Å². The van der Waals surface area contributed by atoms with Crippen molar-refractivity contribution in [2.75, 3.05) is 0 Å². The summed E-state index contributed by atoms with van der Waals surface area (Å²) in [6, 6.07) is 7.10. The highest BCUT2D eigenvalue weighted by Gasteiger charge is 1.87. The van der Waals surface area contributed by atoms with Gasteiger partial charge in [0, 0.05) is 5.02 Å². The van der Waals surface area contributed by atoms with E-state index in [1.807, 2.05) is 6.07 Å². The third-order valence-corrected chi connectivity index (χ3v) is 1.29. The second-order valence-electron chi connectivity index (χ2n) is 1.79. The van der Waals surface area contributed by atoms with Crippen LogP contribution in [0.5, 0.6) is 0 Å². The Balaban J connectivity index is 2.79. The highest BCUT2D eigenvalue weighted by Crippen LogP contribution is 2.08. The lowest BCUT2D eigenvalue weighted by atomic mass is 10.2. The van der Waals surface area contributed by atoms with Gasteiger partial charge in [-0.15, -0.1) is 0 Å². The second kappa shape index (κ2) is 3.22. The highest BCUT2D eigenvalue weighted by molar-refractivity contribution is 6.30. The molecule has 0 heterocycles. The molecule has 0 spiro atoms. The Morgan fingerprint density at radius 2 is 2.60 bits per heavy atom. The molecule has 0 aromatic heterocycles. The lowest BCUT2D eigenvalue weighted by Crippen LogP contribution is -1.78. The summed E-state index contributed by atoms with van der Waals surface area (Å²) in [5.74, 6) is 0. The van der Waals surface area contributed by atoms with Crippen LogP contribution in [-0.4, -0.2) is 11.4 Å². The van der Waals surface area contributed by atoms with Crippen molar-refractivity contribution in [3.8, 4) is 0 Å². The number of benzene rings is 1. The van der Waals surface area contributed by atoms with Gasteiger partial charge in [-0.05, 0) is 17.7 Å². The number of rotatable bonds is 2. The molecule has 0 fully saturated rings. The molecule has 0 aliphatic heterocycles. The van der Waals surface area contributed by atoms with E-state index in [0.717, 1.165) is 5.56 Å². The summed E-state index contributed by atoms with van der Waals surface area (Å²) in [4.78, 5) is 0. The molecule has 2 nitrogen and oxygen atoms in total. The standard InChI is InChI=1S/C7H6ClNO/c8-7-3-1-2-6(4-7)5-9-10/h1-5,10H/i/hD. The van der Waals surface area contributed by atoms with Crippen molar-refractivity contribution in [3.63, 3.8) is 0 Å². The van der Waals surface area contributed by atoms with Crippen LogP contribution in [0.3, 0.4) is 0 Å². The van der Waals surface area contributed by atoms with Gasteiger partial charge in [0.15, 0.2) is 0 Å². The van der Waals surface area contributed by atoms with Crippen molar-refractivity contribution < 1.29 is 6.64 Å². The van der Waals surface area contributed by atoms with E-state index in [1.165, 1.54) is 6.21 Å². The SMILES string of the molecule is [2H]ON=Cc1cccc(Cl)c1. The Kier molecular flexibility index (Phi) is 1.85. The predicted molar refractivity (Wildman–Crippen MR) is 40.8 cm³/mol. The highest BCUT2D eigenvalue weighted by atomic mass is 35.5. The van der Waals surface area contributed by atoms with Crippen LogP contribution in [0.25, 0.3) is 0 Å². The molecule has 0 amide bonds. The smallest absolute Gasteiger partial charge is 0.330 e. The van der Waals surface area contributed by atoms with E-state index in [2.05, 4.69) is 10.4 Å². The first-order chi connectivity index (χ1) is 5.33. The van der Waals surface area contributed by atoms with Crippen LogP contribution in [0.4, 0.5) is 0 Å². The molecule has 3 heteroatoms. The Morgan fingerprint density at radius 3 is 3.30 bits per heavy atom. The third-order valence-electron chi connectivity index (χ3n) is 1.05. The second-order valence-corrected chi connectivity index (χ2v) is 2.23. The number of hydrogen-bond donors (Lipinski definition) is 1. The number of hydrogen-bond acceptors (Lipinski definition) is 2. The Hall–Kier alpha value is -1.02. The molecule has 0 atom stereocenters. The average Bonchev–Trinajstić information content (AvgIpc) is 2.01. The van der Waals surface area contributed by atoms with Crippen LogP contribution < -0.4 is 0 Å². The monoisotopic (exact) mass is 156 g/mol. The number of oxime groups is 1. The summed E-state index contributed by atoms with van der Waals surface area (Å²) in [6.45, 7) is 0. The van der Waals surface area contributed by atoms with Crippen molar-refractivity contribution in [1.29, 1.82) is 0 Å². The average molecular weight is 157 g/mol. The van der Waals surface area contributed by atoms with Crippen molar-refractivity contribution in [3.05, 3.63) is 34.9 Å². The molecule has 0 radical (unpaired) electrons. The zero-order valence-electron chi connectivity index (χ0n) is 6.12. The van der Waals surface area contributed by atoms with E-state index in [9.17, 15) is 0 Å². The van der Waals surface area contributed by atoms with Gasteiger partial charge in [-0.2, -0.15) is 0 Å². The molecule has 0 saturated carbocycles. The summed E-state index contributed by atoms with van der Waals surface area (Å²) < 4.78 is 6.27. The van der Waals surface area contributed by atoms with Gasteiger partial charge in [0.1, 0.15) is 0 Å². The van der Waals surface area contributed by atoms with Crippen LogP contribution in [0, 0.1) is 0 Å². The summed E-state index contributed by atoms with van der Waals surface area (Å²) in [7, 11) is 0. The van der Waals surface area contributed by atoms with Crippen LogP contribution in [0.1, 0.15) is 5.56 Å². The first kappa shape index (κ1) is 5.74. The number of nitrogens with zero attached hydrogens (tertiary/aromatic N) is 1. The van der Waals surface area contributed by atoms with E-state index in [4.69, 9.17) is 13.0 Å². The first-order valence-electron chi connectivity index (χ1n) is 3.15. The van der Waals surface area contributed by atoms with Crippen LogP contribution in [0.15, 0.2) is 29.4 Å². The minimum Gasteiger partial charge on any atom is -0.411 e. The molecule has 1 aromatic rings. The summed E-state index contributed by atoms with van der Waals surface area (Å²) in [6.07, 6.45) is 1.42. The van der Waals surface area contributed by atoms with E-state index >= 15 is 0 Å². The molecule has 0 bridgehead atoms. The predicted octanol–water partition coefficient (Wildman–Crippen LogP) is 2.15. The first-order valence-corrected chi connectivity index (χ1v) is 3.12. The number of halogens is 1. The molecule has 0 saturated heterocycles. The normalized spacial score (nSPS) is 11.5. The van der Waals surface area contributed by atoms with E-state index < -0.39 is 0 Å². The summed E-state index contributed by atoms with van der Waals surface area (Å²) in [5, 5.41) is 7.67. The van der Waals surface area contributed by atoms with Crippen LogP contribution in [-0.2, 0) is 0 Å². The van der Waals surface area contributed by atoms with Crippen molar-refractivity contribution in [2.24, 2.45) is 5.16 Å². The quantitative estimate of drug-likeness (QED) is 0.397. The summed E-state index contributed by atoms with van der Waals surface area (Å²) in [5.41, 5.74) is 0.810. The summed E-state index contributed by atoms with van der Waals surface area (Å²) >= 11 is 5.67. The Morgan fingerprint density at radius 1 is 1.70 bits per heavy atom. The van der Waals surface area contributed by atoms with Crippen molar-refractivity contribution in [2.45, 2.75) is 0 Å². The van der Waals surface area contributed by atoms with Gasteiger partial charge in [-0.3, -0.25) is 0 Å². The minimum absolute atomic E-state index is 0.638. The fourth-order valence-electron chi connectivity index (χ4n) is 0.648. The maximum Gasteiger partial charge on any atom is 0.330 e. The largest absolute Gasteiger partial charge is 0.411 e. The van der Waals surface area contributed by atoms with E-state index in [0.29, 0.717) is 5.02 Å². The maximum absolute atomic E-state index is 6.27. The van der Waals surface area contributed by atoms with Gasteiger partial charge >= 0.3 is 1.43 Å². The van der Waals surface area contributed by atoms with Crippen LogP contribution >= 0.6 is 11.6 Å². The topological polar surface area (TPSA) is 32.6 Å². The van der Waals surface area contributed by atoms with Crippen LogP contribution in [0.2, 0.25) is 6.45 Å². The molecule has 0 aliphatic rings. The fraction of sp³-hybridized carbons (Fsp3) is 0. The minimum atomic E-state index is 0.638. The molecule has 1 N–H and O–H groups in total. The van der Waals surface area contributed by atoms with E-state index in [1.54, 1.807) is 18.2 Å².